The third kappa shape index (κ3) is 5.06. The summed E-state index contributed by atoms with van der Waals surface area (Å²) in [6, 6.07) is 0. The molecule has 0 aromatic rings. The molecule has 72 valence electrons. The third-order valence-corrected chi connectivity index (χ3v) is 1.49. The zero-order valence-corrected chi connectivity index (χ0v) is 7.10. The van der Waals surface area contributed by atoms with Gasteiger partial charge in [-0.3, -0.25) is 9.69 Å². The number of hydrogen-bond acceptors (Lipinski definition) is 4. The van der Waals surface area contributed by atoms with E-state index in [1.807, 2.05) is 0 Å². The van der Waals surface area contributed by atoms with Crippen molar-refractivity contribution in [3.63, 3.8) is 0 Å². The number of aliphatic carboxylic acids is 1. The number of carboxylic acid groups (broad SMARTS) is 1. The van der Waals surface area contributed by atoms with E-state index in [0.29, 0.717) is 6.54 Å². The zero-order chi connectivity index (χ0) is 9.56. The Labute approximate surface area is 71.2 Å². The van der Waals surface area contributed by atoms with Crippen molar-refractivity contribution >= 4 is 5.97 Å². The molecule has 0 aromatic carbocycles. The lowest BCUT2D eigenvalue weighted by molar-refractivity contribution is -0.138. The van der Waals surface area contributed by atoms with Gasteiger partial charge in [0, 0.05) is 6.54 Å². The van der Waals surface area contributed by atoms with Gasteiger partial charge in [-0.1, -0.05) is 6.92 Å². The summed E-state index contributed by atoms with van der Waals surface area (Å²) in [4.78, 5) is 11.8. The van der Waals surface area contributed by atoms with E-state index >= 15 is 0 Å². The number of likely N-dealkylation sites (N-methyl/N-ethyl adjacent to an activating group) is 1. The fourth-order valence-corrected chi connectivity index (χ4v) is 0.853. The Hall–Kier alpha value is -0.650. The summed E-state index contributed by atoms with van der Waals surface area (Å²) >= 11 is 0. The van der Waals surface area contributed by atoms with Gasteiger partial charge in [0.25, 0.3) is 0 Å². The SMILES string of the molecule is CCN(CC(=O)O)CC(O)CO. The van der Waals surface area contributed by atoms with Crippen LogP contribution in [0.3, 0.4) is 0 Å². The topological polar surface area (TPSA) is 81.0 Å². The van der Waals surface area contributed by atoms with E-state index in [1.165, 1.54) is 0 Å². The van der Waals surface area contributed by atoms with E-state index in [-0.39, 0.29) is 19.7 Å². The van der Waals surface area contributed by atoms with Gasteiger partial charge in [0.1, 0.15) is 0 Å². The maximum atomic E-state index is 10.3. The molecule has 0 aliphatic carbocycles. The molecule has 0 aliphatic heterocycles. The molecule has 0 saturated carbocycles. The number of aliphatic hydroxyl groups excluding tert-OH is 2. The molecule has 12 heavy (non-hydrogen) atoms. The summed E-state index contributed by atoms with van der Waals surface area (Å²) in [7, 11) is 0. The van der Waals surface area contributed by atoms with Gasteiger partial charge in [0.15, 0.2) is 0 Å². The van der Waals surface area contributed by atoms with Gasteiger partial charge >= 0.3 is 5.97 Å². The van der Waals surface area contributed by atoms with Crippen LogP contribution >= 0.6 is 0 Å². The Morgan fingerprint density at radius 2 is 2.17 bits per heavy atom. The standard InChI is InChI=1S/C7H15NO4/c1-2-8(4-7(11)12)3-6(10)5-9/h6,9-10H,2-5H2,1H3,(H,11,12). The predicted octanol–water partition coefficient (Wildman–Crippen LogP) is -1.25. The molecule has 0 aromatic heterocycles. The highest BCUT2D eigenvalue weighted by Crippen LogP contribution is 1.91. The molecule has 0 rings (SSSR count). The van der Waals surface area contributed by atoms with Crippen molar-refractivity contribution < 1.29 is 20.1 Å². The van der Waals surface area contributed by atoms with Gasteiger partial charge < -0.3 is 15.3 Å². The lowest BCUT2D eigenvalue weighted by Crippen LogP contribution is -2.37. The largest absolute Gasteiger partial charge is 0.480 e. The van der Waals surface area contributed by atoms with Crippen LogP contribution in [0.1, 0.15) is 6.92 Å². The smallest absolute Gasteiger partial charge is 0.317 e. The van der Waals surface area contributed by atoms with Crippen LogP contribution < -0.4 is 0 Å². The molecule has 0 aliphatic rings. The summed E-state index contributed by atoms with van der Waals surface area (Å²) in [6.45, 7) is 2.10. The second-order valence-electron chi connectivity index (χ2n) is 2.56. The highest BCUT2D eigenvalue weighted by Gasteiger charge is 2.11. The van der Waals surface area contributed by atoms with Crippen LogP contribution in [-0.2, 0) is 4.79 Å². The molecule has 0 saturated heterocycles. The second kappa shape index (κ2) is 5.93. The molecule has 0 radical (unpaired) electrons. The van der Waals surface area contributed by atoms with Crippen molar-refractivity contribution in [2.75, 3.05) is 26.2 Å². The average molecular weight is 177 g/mol. The van der Waals surface area contributed by atoms with E-state index in [9.17, 15) is 4.79 Å². The maximum Gasteiger partial charge on any atom is 0.317 e. The number of hydrogen-bond donors (Lipinski definition) is 3. The molecule has 0 spiro atoms. The monoisotopic (exact) mass is 177 g/mol. The summed E-state index contributed by atoms with van der Waals surface area (Å²) in [5.74, 6) is -0.929. The molecule has 5 heteroatoms. The van der Waals surface area contributed by atoms with Crippen LogP contribution in [0.4, 0.5) is 0 Å². The van der Waals surface area contributed by atoms with Crippen LogP contribution in [0, 0.1) is 0 Å². The van der Waals surface area contributed by atoms with Crippen molar-refractivity contribution in [3.05, 3.63) is 0 Å². The van der Waals surface area contributed by atoms with Gasteiger partial charge in [-0.25, -0.2) is 0 Å². The van der Waals surface area contributed by atoms with Crippen LogP contribution in [0.2, 0.25) is 0 Å². The molecule has 1 unspecified atom stereocenters. The Morgan fingerprint density at radius 3 is 2.50 bits per heavy atom. The second-order valence-corrected chi connectivity index (χ2v) is 2.56. The fourth-order valence-electron chi connectivity index (χ4n) is 0.853. The Morgan fingerprint density at radius 1 is 1.58 bits per heavy atom. The van der Waals surface area contributed by atoms with E-state index in [4.69, 9.17) is 15.3 Å². The van der Waals surface area contributed by atoms with Gasteiger partial charge in [-0.15, -0.1) is 0 Å². The number of nitrogens with zero attached hydrogens (tertiary/aromatic N) is 1. The first-order valence-corrected chi connectivity index (χ1v) is 3.83. The van der Waals surface area contributed by atoms with E-state index in [2.05, 4.69) is 0 Å². The molecular weight excluding hydrogens is 162 g/mol. The number of carboxylic acids is 1. The molecule has 0 fully saturated rings. The van der Waals surface area contributed by atoms with Gasteiger partial charge in [-0.05, 0) is 6.54 Å². The zero-order valence-electron chi connectivity index (χ0n) is 7.10. The van der Waals surface area contributed by atoms with Crippen LogP contribution in [0.5, 0.6) is 0 Å². The quantitative estimate of drug-likeness (QED) is 0.472. The maximum absolute atomic E-state index is 10.3. The Kier molecular flexibility index (Phi) is 5.61. The third-order valence-electron chi connectivity index (χ3n) is 1.49. The minimum atomic E-state index is -0.929. The normalized spacial score (nSPS) is 13.3. The summed E-state index contributed by atoms with van der Waals surface area (Å²) in [5, 5.41) is 25.9. The molecule has 0 amide bonds. The van der Waals surface area contributed by atoms with Gasteiger partial charge in [0.05, 0.1) is 19.3 Å². The molecule has 0 bridgehead atoms. The minimum absolute atomic E-state index is 0.104. The first-order chi connectivity index (χ1) is 5.60. The van der Waals surface area contributed by atoms with Crippen LogP contribution in [-0.4, -0.2) is 58.5 Å². The van der Waals surface area contributed by atoms with Crippen LogP contribution in [0.25, 0.3) is 0 Å². The summed E-state index contributed by atoms with van der Waals surface area (Å²) in [5.41, 5.74) is 0. The van der Waals surface area contributed by atoms with Crippen molar-refractivity contribution in [2.24, 2.45) is 0 Å². The van der Waals surface area contributed by atoms with E-state index in [1.54, 1.807) is 11.8 Å². The Bertz CT molecular complexity index is 139. The lowest BCUT2D eigenvalue weighted by atomic mass is 10.3. The summed E-state index contributed by atoms with van der Waals surface area (Å²) in [6.07, 6.45) is -0.857. The van der Waals surface area contributed by atoms with Crippen LogP contribution in [0.15, 0.2) is 0 Å². The van der Waals surface area contributed by atoms with E-state index in [0.717, 1.165) is 0 Å². The minimum Gasteiger partial charge on any atom is -0.480 e. The first-order valence-electron chi connectivity index (χ1n) is 3.83. The number of rotatable bonds is 6. The molecule has 0 heterocycles. The van der Waals surface area contributed by atoms with Gasteiger partial charge in [-0.2, -0.15) is 0 Å². The number of aliphatic hydroxyl groups is 2. The van der Waals surface area contributed by atoms with Crippen molar-refractivity contribution in [1.82, 2.24) is 4.90 Å². The highest BCUT2D eigenvalue weighted by atomic mass is 16.4. The average Bonchev–Trinajstić information content (AvgIpc) is 2.02. The fraction of sp³-hybridized carbons (Fsp3) is 0.857. The van der Waals surface area contributed by atoms with Crippen molar-refractivity contribution in [3.8, 4) is 0 Å². The number of carbonyl (C=O) groups is 1. The molecule has 5 nitrogen and oxygen atoms in total. The molecule has 1 atom stereocenters. The lowest BCUT2D eigenvalue weighted by Gasteiger charge is -2.20. The Balaban J connectivity index is 3.74. The predicted molar refractivity (Wildman–Crippen MR) is 42.8 cm³/mol. The first kappa shape index (κ1) is 11.4. The van der Waals surface area contributed by atoms with Crippen molar-refractivity contribution in [2.45, 2.75) is 13.0 Å². The highest BCUT2D eigenvalue weighted by molar-refractivity contribution is 5.69. The molecular formula is C7H15NO4. The summed E-state index contributed by atoms with van der Waals surface area (Å²) < 4.78 is 0. The molecule has 3 N–H and O–H groups in total. The van der Waals surface area contributed by atoms with Gasteiger partial charge in [0.2, 0.25) is 0 Å². The van der Waals surface area contributed by atoms with Crippen molar-refractivity contribution in [1.29, 1.82) is 0 Å². The van der Waals surface area contributed by atoms with E-state index < -0.39 is 12.1 Å².